The number of hydrogen-bond donors (Lipinski definition) is 1. The number of aryl methyl sites for hydroxylation is 1. The number of aromatic nitrogens is 1. The molecule has 22 heavy (non-hydrogen) atoms. The summed E-state index contributed by atoms with van der Waals surface area (Å²) in [6.07, 6.45) is 4.98. The predicted octanol–water partition coefficient (Wildman–Crippen LogP) is 2.89. The lowest BCUT2D eigenvalue weighted by molar-refractivity contribution is 0.321. The Bertz CT molecular complexity index is 780. The van der Waals surface area contributed by atoms with Crippen molar-refractivity contribution in [3.05, 3.63) is 66.5 Å². The van der Waals surface area contributed by atoms with E-state index >= 15 is 0 Å². The van der Waals surface area contributed by atoms with E-state index in [9.17, 15) is 4.21 Å². The van der Waals surface area contributed by atoms with Crippen LogP contribution in [0.4, 0.5) is 0 Å². The molecule has 0 spiro atoms. The minimum absolute atomic E-state index is 0.0102. The van der Waals surface area contributed by atoms with Crippen LogP contribution in [0, 0.1) is 0 Å². The lowest BCUT2D eigenvalue weighted by Gasteiger charge is -2.03. The van der Waals surface area contributed by atoms with Crippen LogP contribution < -0.4 is 0 Å². The van der Waals surface area contributed by atoms with Gasteiger partial charge in [-0.1, -0.05) is 36.4 Å². The molecule has 3 rings (SSSR count). The van der Waals surface area contributed by atoms with Crippen molar-refractivity contribution < 1.29 is 9.32 Å². The Labute approximate surface area is 132 Å². The zero-order chi connectivity index (χ0) is 15.4. The molecule has 1 atom stereocenters. The number of nitrogens with zero attached hydrogens (tertiary/aromatic N) is 1. The first-order valence-corrected chi connectivity index (χ1v) is 8.87. The fourth-order valence-electron chi connectivity index (χ4n) is 2.53. The van der Waals surface area contributed by atoms with E-state index in [0.717, 1.165) is 17.5 Å². The average molecular weight is 313 g/mol. The van der Waals surface area contributed by atoms with E-state index in [0.29, 0.717) is 11.5 Å². The third kappa shape index (κ3) is 3.46. The Kier molecular flexibility index (Phi) is 4.71. The summed E-state index contributed by atoms with van der Waals surface area (Å²) in [5.41, 5.74) is 4.71. The van der Waals surface area contributed by atoms with Gasteiger partial charge in [-0.2, -0.15) is 0 Å². The van der Waals surface area contributed by atoms with E-state index in [-0.39, 0.29) is 6.61 Å². The molecule has 3 aromatic rings. The van der Waals surface area contributed by atoms with Gasteiger partial charge in [0.2, 0.25) is 0 Å². The Morgan fingerprint density at radius 3 is 2.55 bits per heavy atom. The summed E-state index contributed by atoms with van der Waals surface area (Å²) in [4.78, 5) is 0. The van der Waals surface area contributed by atoms with Crippen LogP contribution in [-0.2, 0) is 17.2 Å². The standard InChI is InChI=1S/C18H19NO2S/c20-9-11-22(21)10-8-15-6-7-18-12-17(14-19(18)13-15)16-4-2-1-3-5-16/h1-7,12-14,20H,8-11H2. The highest BCUT2D eigenvalue weighted by Gasteiger charge is 2.04. The summed E-state index contributed by atoms with van der Waals surface area (Å²) in [7, 11) is -0.938. The molecular formula is C18H19NO2S. The molecule has 0 aliphatic heterocycles. The maximum absolute atomic E-state index is 11.6. The Morgan fingerprint density at radius 1 is 0.955 bits per heavy atom. The molecule has 1 aromatic carbocycles. The van der Waals surface area contributed by atoms with Gasteiger partial charge in [0.1, 0.15) is 0 Å². The van der Waals surface area contributed by atoms with Crippen molar-refractivity contribution in [2.24, 2.45) is 0 Å². The van der Waals surface area contributed by atoms with Crippen molar-refractivity contribution in [2.75, 3.05) is 18.1 Å². The largest absolute Gasteiger partial charge is 0.395 e. The van der Waals surface area contributed by atoms with Crippen molar-refractivity contribution in [1.29, 1.82) is 0 Å². The van der Waals surface area contributed by atoms with Crippen LogP contribution in [0.2, 0.25) is 0 Å². The molecule has 2 aromatic heterocycles. The van der Waals surface area contributed by atoms with Crippen LogP contribution in [-0.4, -0.2) is 31.8 Å². The topological polar surface area (TPSA) is 41.7 Å². The van der Waals surface area contributed by atoms with Crippen molar-refractivity contribution in [1.82, 2.24) is 4.40 Å². The predicted molar refractivity (Wildman–Crippen MR) is 91.5 cm³/mol. The van der Waals surface area contributed by atoms with Crippen LogP contribution in [0.15, 0.2) is 60.9 Å². The monoisotopic (exact) mass is 313 g/mol. The lowest BCUT2D eigenvalue weighted by atomic mass is 10.1. The fourth-order valence-corrected chi connectivity index (χ4v) is 3.40. The molecule has 4 heteroatoms. The normalized spacial score (nSPS) is 12.6. The van der Waals surface area contributed by atoms with E-state index in [4.69, 9.17) is 5.11 Å². The average Bonchev–Trinajstić information content (AvgIpc) is 2.97. The molecule has 0 fully saturated rings. The molecule has 0 aliphatic rings. The summed E-state index contributed by atoms with van der Waals surface area (Å²) in [5.74, 6) is 0.961. The van der Waals surface area contributed by atoms with Crippen LogP contribution in [0.1, 0.15) is 5.56 Å². The lowest BCUT2D eigenvalue weighted by Crippen LogP contribution is -2.08. The summed E-state index contributed by atoms with van der Waals surface area (Å²) >= 11 is 0. The van der Waals surface area contributed by atoms with E-state index in [1.165, 1.54) is 11.1 Å². The van der Waals surface area contributed by atoms with Crippen molar-refractivity contribution in [3.8, 4) is 11.1 Å². The van der Waals surface area contributed by atoms with Crippen molar-refractivity contribution in [3.63, 3.8) is 0 Å². The molecule has 0 aliphatic carbocycles. The highest BCUT2D eigenvalue weighted by molar-refractivity contribution is 7.84. The SMILES string of the molecule is O=S(CCO)CCc1ccc2cc(-c3ccccc3)cn2c1. The van der Waals surface area contributed by atoms with Gasteiger partial charge >= 0.3 is 0 Å². The van der Waals surface area contributed by atoms with Gasteiger partial charge in [-0.3, -0.25) is 4.21 Å². The second-order valence-corrected chi connectivity index (χ2v) is 6.98. The van der Waals surface area contributed by atoms with Gasteiger partial charge in [-0.25, -0.2) is 0 Å². The first-order chi connectivity index (χ1) is 10.8. The van der Waals surface area contributed by atoms with E-state index in [1.54, 1.807) is 0 Å². The quantitative estimate of drug-likeness (QED) is 0.760. The van der Waals surface area contributed by atoms with Gasteiger partial charge in [-0.15, -0.1) is 0 Å². The van der Waals surface area contributed by atoms with E-state index in [2.05, 4.69) is 47.1 Å². The first-order valence-electron chi connectivity index (χ1n) is 7.38. The maximum atomic E-state index is 11.6. The van der Waals surface area contributed by atoms with Crippen LogP contribution in [0.3, 0.4) is 0 Å². The van der Waals surface area contributed by atoms with Crippen LogP contribution >= 0.6 is 0 Å². The minimum atomic E-state index is -0.938. The third-order valence-electron chi connectivity index (χ3n) is 3.70. The van der Waals surface area contributed by atoms with Gasteiger partial charge in [0.15, 0.2) is 0 Å². The minimum Gasteiger partial charge on any atom is -0.395 e. The summed E-state index contributed by atoms with van der Waals surface area (Å²) in [6, 6.07) is 16.7. The molecule has 1 unspecified atom stereocenters. The van der Waals surface area contributed by atoms with Crippen LogP contribution in [0.25, 0.3) is 16.6 Å². The first kappa shape index (κ1) is 15.0. The molecule has 114 valence electrons. The third-order valence-corrected chi connectivity index (χ3v) is 4.99. The molecular weight excluding hydrogens is 294 g/mol. The molecule has 0 amide bonds. The Morgan fingerprint density at radius 2 is 1.77 bits per heavy atom. The Balaban J connectivity index is 1.80. The van der Waals surface area contributed by atoms with Gasteiger partial charge < -0.3 is 9.51 Å². The molecule has 2 heterocycles. The summed E-state index contributed by atoms with van der Waals surface area (Å²) < 4.78 is 13.7. The van der Waals surface area contributed by atoms with Crippen molar-refractivity contribution in [2.45, 2.75) is 6.42 Å². The zero-order valence-corrected chi connectivity index (χ0v) is 13.1. The maximum Gasteiger partial charge on any atom is 0.0546 e. The van der Waals surface area contributed by atoms with Gasteiger partial charge in [0.25, 0.3) is 0 Å². The number of aliphatic hydroxyl groups is 1. The molecule has 1 N–H and O–H groups in total. The summed E-state index contributed by atoms with van der Waals surface area (Å²) in [6.45, 7) is -0.0102. The molecule has 3 nitrogen and oxygen atoms in total. The van der Waals surface area contributed by atoms with E-state index in [1.807, 2.05) is 18.2 Å². The van der Waals surface area contributed by atoms with E-state index < -0.39 is 10.8 Å². The second kappa shape index (κ2) is 6.90. The molecule has 0 radical (unpaired) electrons. The zero-order valence-electron chi connectivity index (χ0n) is 12.3. The highest BCUT2D eigenvalue weighted by atomic mass is 32.2. The molecule has 0 saturated carbocycles. The van der Waals surface area contributed by atoms with Gasteiger partial charge in [0, 0.05) is 45.8 Å². The number of benzene rings is 1. The number of aliphatic hydroxyl groups excluding tert-OH is 1. The summed E-state index contributed by atoms with van der Waals surface area (Å²) in [5, 5.41) is 8.79. The fraction of sp³-hybridized carbons (Fsp3) is 0.222. The van der Waals surface area contributed by atoms with Crippen LogP contribution in [0.5, 0.6) is 0 Å². The molecule has 0 saturated heterocycles. The number of pyridine rings is 1. The highest BCUT2D eigenvalue weighted by Crippen LogP contribution is 2.22. The number of hydrogen-bond acceptors (Lipinski definition) is 2. The van der Waals surface area contributed by atoms with Crippen molar-refractivity contribution >= 4 is 16.3 Å². The number of rotatable bonds is 6. The smallest absolute Gasteiger partial charge is 0.0546 e. The second-order valence-electron chi connectivity index (χ2n) is 5.29. The van der Waals surface area contributed by atoms with Gasteiger partial charge in [-0.05, 0) is 29.7 Å². The van der Waals surface area contributed by atoms with Gasteiger partial charge in [0.05, 0.1) is 6.61 Å². The molecule has 0 bridgehead atoms. The number of fused-ring (bicyclic) bond motifs is 1. The Hall–Kier alpha value is -1.91.